The van der Waals surface area contributed by atoms with Gasteiger partial charge in [-0.05, 0) is 36.8 Å². The summed E-state index contributed by atoms with van der Waals surface area (Å²) < 4.78 is 5.65. The van der Waals surface area contributed by atoms with Crippen LogP contribution in [0.5, 0.6) is 5.75 Å². The molecule has 2 aromatic rings. The highest BCUT2D eigenvalue weighted by Crippen LogP contribution is 2.27. The second kappa shape index (κ2) is 8.41. The van der Waals surface area contributed by atoms with Crippen molar-refractivity contribution in [3.8, 4) is 5.75 Å². The lowest BCUT2D eigenvalue weighted by Crippen LogP contribution is -2.27. The first kappa shape index (κ1) is 17.9. The van der Waals surface area contributed by atoms with E-state index >= 15 is 0 Å². The quantitative estimate of drug-likeness (QED) is 0.843. The fourth-order valence-corrected chi connectivity index (χ4v) is 2.17. The molecule has 2 rings (SSSR count). The fraction of sp³-hybridized carbons (Fsp3) is 0.211. The Labute approximate surface area is 147 Å². The zero-order valence-electron chi connectivity index (χ0n) is 14.0. The van der Waals surface area contributed by atoms with Crippen LogP contribution in [0.1, 0.15) is 11.1 Å². The Morgan fingerprint density at radius 1 is 1.21 bits per heavy atom. The molecule has 2 aromatic carbocycles. The molecule has 0 spiro atoms. The van der Waals surface area contributed by atoms with E-state index < -0.39 is 0 Å². The van der Waals surface area contributed by atoms with Crippen molar-refractivity contribution in [2.75, 3.05) is 26.0 Å². The van der Waals surface area contributed by atoms with Crippen LogP contribution in [-0.4, -0.2) is 31.6 Å². The van der Waals surface area contributed by atoms with Crippen molar-refractivity contribution in [3.05, 3.63) is 64.7 Å². The lowest BCUT2D eigenvalue weighted by molar-refractivity contribution is 0.230. The molecule has 5 heteroatoms. The summed E-state index contributed by atoms with van der Waals surface area (Å²) in [6.45, 7) is 2.47. The second-order valence-corrected chi connectivity index (χ2v) is 6.00. The summed E-state index contributed by atoms with van der Waals surface area (Å²) >= 11 is 6.19. The first-order chi connectivity index (χ1) is 11.5. The maximum absolute atomic E-state index is 11.6. The van der Waals surface area contributed by atoms with E-state index in [4.69, 9.17) is 16.3 Å². The summed E-state index contributed by atoms with van der Waals surface area (Å²) in [5.41, 5.74) is 2.98. The molecule has 1 N–H and O–H groups in total. The summed E-state index contributed by atoms with van der Waals surface area (Å²) in [5, 5.41) is 3.19. The molecule has 0 radical (unpaired) electrons. The molecule has 0 aliphatic carbocycles. The molecule has 2 amide bonds. The standard InChI is InChI=1S/C19H21ClN2O2/c1-14-6-8-15(9-7-14)5-4-12-24-18-11-10-16(13-17(18)20)21-19(23)22(2)3/h4-11,13H,12H2,1-3H3,(H,21,23)/b5-4+. The van der Waals surface area contributed by atoms with Crippen molar-refractivity contribution in [1.29, 1.82) is 0 Å². The smallest absolute Gasteiger partial charge is 0.321 e. The largest absolute Gasteiger partial charge is 0.488 e. The van der Waals surface area contributed by atoms with Crippen LogP contribution < -0.4 is 10.1 Å². The molecule has 0 atom stereocenters. The number of anilines is 1. The Balaban J connectivity index is 1.91. The average Bonchev–Trinajstić information content (AvgIpc) is 2.54. The van der Waals surface area contributed by atoms with Gasteiger partial charge in [-0.25, -0.2) is 4.79 Å². The number of nitrogens with one attached hydrogen (secondary N) is 1. The maximum atomic E-state index is 11.6. The third kappa shape index (κ3) is 5.32. The van der Waals surface area contributed by atoms with Gasteiger partial charge in [0.1, 0.15) is 12.4 Å². The minimum atomic E-state index is -0.208. The predicted octanol–water partition coefficient (Wildman–Crippen LogP) is 4.83. The topological polar surface area (TPSA) is 41.6 Å². The fourth-order valence-electron chi connectivity index (χ4n) is 1.93. The van der Waals surface area contributed by atoms with Gasteiger partial charge < -0.3 is 15.0 Å². The Morgan fingerprint density at radius 2 is 1.92 bits per heavy atom. The number of ether oxygens (including phenoxy) is 1. The zero-order chi connectivity index (χ0) is 17.5. The molecule has 0 saturated heterocycles. The highest BCUT2D eigenvalue weighted by Gasteiger charge is 2.07. The molecular formula is C19H21ClN2O2. The van der Waals surface area contributed by atoms with Crippen molar-refractivity contribution >= 4 is 29.4 Å². The number of amides is 2. The third-order valence-corrected chi connectivity index (χ3v) is 3.61. The second-order valence-electron chi connectivity index (χ2n) is 5.59. The van der Waals surface area contributed by atoms with Crippen LogP contribution in [0.4, 0.5) is 10.5 Å². The monoisotopic (exact) mass is 344 g/mol. The van der Waals surface area contributed by atoms with Crippen LogP contribution in [0.2, 0.25) is 5.02 Å². The van der Waals surface area contributed by atoms with Gasteiger partial charge in [0.15, 0.2) is 0 Å². The van der Waals surface area contributed by atoms with Gasteiger partial charge in [0.2, 0.25) is 0 Å². The van der Waals surface area contributed by atoms with Crippen LogP contribution in [0.3, 0.4) is 0 Å². The van der Waals surface area contributed by atoms with Crippen LogP contribution in [0.25, 0.3) is 6.08 Å². The lowest BCUT2D eigenvalue weighted by atomic mass is 10.1. The SMILES string of the molecule is Cc1ccc(/C=C/COc2ccc(NC(=O)N(C)C)cc2Cl)cc1. The van der Waals surface area contributed by atoms with Gasteiger partial charge in [0, 0.05) is 19.8 Å². The van der Waals surface area contributed by atoms with Gasteiger partial charge in [0.05, 0.1) is 5.02 Å². The first-order valence-electron chi connectivity index (χ1n) is 7.59. The van der Waals surface area contributed by atoms with Gasteiger partial charge in [-0.15, -0.1) is 0 Å². The van der Waals surface area contributed by atoms with Gasteiger partial charge in [0.25, 0.3) is 0 Å². The summed E-state index contributed by atoms with van der Waals surface area (Å²) in [5.74, 6) is 0.577. The summed E-state index contributed by atoms with van der Waals surface area (Å²) in [6, 6.07) is 13.2. The number of carbonyl (C=O) groups is 1. The molecule has 0 heterocycles. The van der Waals surface area contributed by atoms with E-state index in [-0.39, 0.29) is 6.03 Å². The third-order valence-electron chi connectivity index (χ3n) is 3.31. The van der Waals surface area contributed by atoms with E-state index in [1.807, 2.05) is 12.2 Å². The first-order valence-corrected chi connectivity index (χ1v) is 7.97. The van der Waals surface area contributed by atoms with E-state index in [0.29, 0.717) is 23.1 Å². The number of aryl methyl sites for hydroxylation is 1. The summed E-state index contributed by atoms with van der Waals surface area (Å²) in [7, 11) is 3.35. The van der Waals surface area contributed by atoms with Crippen LogP contribution in [0, 0.1) is 6.92 Å². The number of hydrogen-bond acceptors (Lipinski definition) is 2. The van der Waals surface area contributed by atoms with E-state index in [9.17, 15) is 4.79 Å². The minimum absolute atomic E-state index is 0.208. The summed E-state index contributed by atoms with van der Waals surface area (Å²) in [4.78, 5) is 13.1. The molecule has 0 aliphatic rings. The molecule has 0 saturated carbocycles. The predicted molar refractivity (Wildman–Crippen MR) is 99.9 cm³/mol. The number of hydrogen-bond donors (Lipinski definition) is 1. The van der Waals surface area contributed by atoms with E-state index in [0.717, 1.165) is 5.56 Å². The molecule has 0 unspecified atom stereocenters. The molecule has 0 aliphatic heterocycles. The number of rotatable bonds is 5. The lowest BCUT2D eigenvalue weighted by Gasteiger charge is -2.13. The number of carbonyl (C=O) groups excluding carboxylic acids is 1. The molecule has 0 bridgehead atoms. The molecule has 4 nitrogen and oxygen atoms in total. The molecular weight excluding hydrogens is 324 g/mol. The molecule has 0 fully saturated rings. The van der Waals surface area contributed by atoms with E-state index in [2.05, 4.69) is 36.5 Å². The van der Waals surface area contributed by atoms with Crippen molar-refractivity contribution in [2.24, 2.45) is 0 Å². The molecule has 126 valence electrons. The highest BCUT2D eigenvalue weighted by molar-refractivity contribution is 6.32. The molecule has 24 heavy (non-hydrogen) atoms. The number of urea groups is 1. The van der Waals surface area contributed by atoms with Gasteiger partial charge in [-0.1, -0.05) is 47.5 Å². The van der Waals surface area contributed by atoms with Crippen LogP contribution in [0.15, 0.2) is 48.5 Å². The minimum Gasteiger partial charge on any atom is -0.488 e. The number of benzene rings is 2. The average molecular weight is 345 g/mol. The number of halogens is 1. The normalized spacial score (nSPS) is 10.7. The van der Waals surface area contributed by atoms with Crippen LogP contribution in [-0.2, 0) is 0 Å². The summed E-state index contributed by atoms with van der Waals surface area (Å²) in [6.07, 6.45) is 3.93. The van der Waals surface area contributed by atoms with Crippen molar-refractivity contribution in [2.45, 2.75) is 6.92 Å². The van der Waals surface area contributed by atoms with Gasteiger partial charge >= 0.3 is 6.03 Å². The van der Waals surface area contributed by atoms with Crippen molar-refractivity contribution in [3.63, 3.8) is 0 Å². The molecule has 0 aromatic heterocycles. The zero-order valence-corrected chi connectivity index (χ0v) is 14.8. The Bertz CT molecular complexity index is 725. The van der Waals surface area contributed by atoms with Gasteiger partial charge in [-0.3, -0.25) is 0 Å². The van der Waals surface area contributed by atoms with Crippen LogP contribution >= 0.6 is 11.6 Å². The highest BCUT2D eigenvalue weighted by atomic mass is 35.5. The Kier molecular flexibility index (Phi) is 6.27. The van der Waals surface area contributed by atoms with Crippen molar-refractivity contribution < 1.29 is 9.53 Å². The maximum Gasteiger partial charge on any atom is 0.321 e. The Morgan fingerprint density at radius 3 is 2.54 bits per heavy atom. The van der Waals surface area contributed by atoms with Crippen molar-refractivity contribution in [1.82, 2.24) is 4.90 Å². The van der Waals surface area contributed by atoms with E-state index in [1.165, 1.54) is 10.5 Å². The van der Waals surface area contributed by atoms with E-state index in [1.54, 1.807) is 32.3 Å². The number of nitrogens with zero attached hydrogens (tertiary/aromatic N) is 1. The van der Waals surface area contributed by atoms with Gasteiger partial charge in [-0.2, -0.15) is 0 Å². The Hall–Kier alpha value is -2.46.